The zero-order valence-corrected chi connectivity index (χ0v) is 10.4. The SMILES string of the molecule is CCN(CC(C)CN)S(=O)(=O)c1cnc[nH]1. The van der Waals surface area contributed by atoms with Crippen LogP contribution in [-0.2, 0) is 10.0 Å². The highest BCUT2D eigenvalue weighted by atomic mass is 32.2. The Balaban J connectivity index is 2.88. The number of nitrogens with two attached hydrogens (primary N) is 1. The molecule has 0 saturated carbocycles. The Hall–Kier alpha value is -0.920. The Bertz CT molecular complexity index is 401. The van der Waals surface area contributed by atoms with Crippen molar-refractivity contribution >= 4 is 10.0 Å². The van der Waals surface area contributed by atoms with Gasteiger partial charge in [-0.05, 0) is 12.5 Å². The molecular weight excluding hydrogens is 228 g/mol. The highest BCUT2D eigenvalue weighted by molar-refractivity contribution is 7.89. The molecule has 0 aliphatic rings. The van der Waals surface area contributed by atoms with Gasteiger partial charge in [0.15, 0.2) is 5.03 Å². The predicted octanol–water partition coefficient (Wildman–Crippen LogP) is 0.0151. The second kappa shape index (κ2) is 5.42. The van der Waals surface area contributed by atoms with E-state index in [1.54, 1.807) is 6.92 Å². The fourth-order valence-electron chi connectivity index (χ4n) is 1.34. The average molecular weight is 246 g/mol. The quantitative estimate of drug-likeness (QED) is 0.740. The van der Waals surface area contributed by atoms with E-state index in [2.05, 4.69) is 9.97 Å². The molecule has 0 spiro atoms. The summed E-state index contributed by atoms with van der Waals surface area (Å²) in [6, 6.07) is 0. The number of rotatable bonds is 6. The fourth-order valence-corrected chi connectivity index (χ4v) is 2.81. The number of nitrogens with zero attached hydrogens (tertiary/aromatic N) is 2. The summed E-state index contributed by atoms with van der Waals surface area (Å²) < 4.78 is 25.6. The van der Waals surface area contributed by atoms with E-state index in [0.29, 0.717) is 19.6 Å². The summed E-state index contributed by atoms with van der Waals surface area (Å²) in [6.45, 7) is 5.04. The molecule has 92 valence electrons. The summed E-state index contributed by atoms with van der Waals surface area (Å²) in [5.74, 6) is 0.137. The van der Waals surface area contributed by atoms with Crippen molar-refractivity contribution in [2.45, 2.75) is 18.9 Å². The first-order chi connectivity index (χ1) is 7.52. The maximum atomic E-state index is 12.1. The van der Waals surface area contributed by atoms with Crippen LogP contribution in [0.3, 0.4) is 0 Å². The van der Waals surface area contributed by atoms with Gasteiger partial charge in [-0.3, -0.25) is 0 Å². The smallest absolute Gasteiger partial charge is 0.260 e. The topological polar surface area (TPSA) is 92.1 Å². The number of aromatic nitrogens is 2. The number of H-pyrrole nitrogens is 1. The lowest BCUT2D eigenvalue weighted by atomic mass is 10.2. The van der Waals surface area contributed by atoms with Gasteiger partial charge in [-0.1, -0.05) is 13.8 Å². The van der Waals surface area contributed by atoms with Crippen molar-refractivity contribution in [1.29, 1.82) is 0 Å². The van der Waals surface area contributed by atoms with Gasteiger partial charge in [-0.15, -0.1) is 0 Å². The molecule has 7 heteroatoms. The molecule has 1 aromatic heterocycles. The van der Waals surface area contributed by atoms with Gasteiger partial charge in [0, 0.05) is 13.1 Å². The van der Waals surface area contributed by atoms with Crippen molar-refractivity contribution in [3.8, 4) is 0 Å². The molecule has 0 fully saturated rings. The number of sulfonamides is 1. The van der Waals surface area contributed by atoms with Crippen LogP contribution in [0.2, 0.25) is 0 Å². The third-order valence-electron chi connectivity index (χ3n) is 2.36. The minimum atomic E-state index is -3.45. The van der Waals surface area contributed by atoms with E-state index in [9.17, 15) is 8.42 Å². The maximum absolute atomic E-state index is 12.1. The zero-order valence-electron chi connectivity index (χ0n) is 9.55. The van der Waals surface area contributed by atoms with Crippen LogP contribution in [0.15, 0.2) is 17.6 Å². The van der Waals surface area contributed by atoms with Crippen LogP contribution in [0.4, 0.5) is 0 Å². The molecular formula is C9H18N4O2S. The Morgan fingerprint density at radius 3 is 2.75 bits per heavy atom. The number of nitrogens with one attached hydrogen (secondary N) is 1. The van der Waals surface area contributed by atoms with Crippen molar-refractivity contribution in [2.75, 3.05) is 19.6 Å². The fraction of sp³-hybridized carbons (Fsp3) is 0.667. The van der Waals surface area contributed by atoms with E-state index >= 15 is 0 Å². The van der Waals surface area contributed by atoms with Crippen LogP contribution in [0, 0.1) is 5.92 Å². The van der Waals surface area contributed by atoms with Crippen molar-refractivity contribution in [1.82, 2.24) is 14.3 Å². The van der Waals surface area contributed by atoms with Crippen molar-refractivity contribution in [2.24, 2.45) is 11.7 Å². The third-order valence-corrected chi connectivity index (χ3v) is 4.23. The maximum Gasteiger partial charge on any atom is 0.260 e. The van der Waals surface area contributed by atoms with Crippen molar-refractivity contribution < 1.29 is 8.42 Å². The normalized spacial score (nSPS) is 14.2. The standard InChI is InChI=1S/C9H18N4O2S/c1-3-13(6-8(2)4-10)16(14,15)9-5-11-7-12-9/h5,7-8H,3-4,6,10H2,1-2H3,(H,11,12). The minimum absolute atomic E-state index is 0.124. The van der Waals surface area contributed by atoms with Gasteiger partial charge in [-0.2, -0.15) is 4.31 Å². The molecule has 0 radical (unpaired) electrons. The van der Waals surface area contributed by atoms with Crippen molar-refractivity contribution in [3.05, 3.63) is 12.5 Å². The van der Waals surface area contributed by atoms with E-state index in [-0.39, 0.29) is 10.9 Å². The summed E-state index contributed by atoms with van der Waals surface area (Å²) in [7, 11) is -3.45. The molecule has 6 nitrogen and oxygen atoms in total. The van der Waals surface area contributed by atoms with Gasteiger partial charge < -0.3 is 10.7 Å². The Morgan fingerprint density at radius 2 is 2.31 bits per heavy atom. The molecule has 0 bridgehead atoms. The van der Waals surface area contributed by atoms with Gasteiger partial charge >= 0.3 is 0 Å². The second-order valence-corrected chi connectivity index (χ2v) is 5.62. The van der Waals surface area contributed by atoms with Crippen LogP contribution in [0.5, 0.6) is 0 Å². The molecule has 0 saturated heterocycles. The van der Waals surface area contributed by atoms with Gasteiger partial charge in [-0.25, -0.2) is 13.4 Å². The first-order valence-corrected chi connectivity index (χ1v) is 6.65. The Kier molecular flexibility index (Phi) is 4.45. The van der Waals surface area contributed by atoms with Crippen LogP contribution in [0.1, 0.15) is 13.8 Å². The molecule has 0 amide bonds. The molecule has 1 atom stereocenters. The number of hydrogen-bond acceptors (Lipinski definition) is 4. The van der Waals surface area contributed by atoms with Crippen molar-refractivity contribution in [3.63, 3.8) is 0 Å². The zero-order chi connectivity index (χ0) is 12.2. The first kappa shape index (κ1) is 13.1. The molecule has 0 aliphatic heterocycles. The van der Waals surface area contributed by atoms with Crippen LogP contribution < -0.4 is 5.73 Å². The van der Waals surface area contributed by atoms with Crippen LogP contribution >= 0.6 is 0 Å². The van der Waals surface area contributed by atoms with Gasteiger partial charge in [0.25, 0.3) is 10.0 Å². The Morgan fingerprint density at radius 1 is 1.62 bits per heavy atom. The molecule has 16 heavy (non-hydrogen) atoms. The minimum Gasteiger partial charge on any atom is -0.335 e. The average Bonchev–Trinajstić information content (AvgIpc) is 2.78. The summed E-state index contributed by atoms with van der Waals surface area (Å²) in [6.07, 6.45) is 2.66. The summed E-state index contributed by atoms with van der Waals surface area (Å²) in [5, 5.41) is 0.124. The highest BCUT2D eigenvalue weighted by Gasteiger charge is 2.25. The monoisotopic (exact) mass is 246 g/mol. The van der Waals surface area contributed by atoms with E-state index < -0.39 is 10.0 Å². The molecule has 0 aromatic carbocycles. The first-order valence-electron chi connectivity index (χ1n) is 5.21. The lowest BCUT2D eigenvalue weighted by Gasteiger charge is -2.22. The van der Waals surface area contributed by atoms with Gasteiger partial charge in [0.05, 0.1) is 12.5 Å². The largest absolute Gasteiger partial charge is 0.335 e. The lowest BCUT2D eigenvalue weighted by Crippen LogP contribution is -2.36. The molecule has 1 rings (SSSR count). The number of hydrogen-bond donors (Lipinski definition) is 2. The predicted molar refractivity (Wildman–Crippen MR) is 61.2 cm³/mol. The van der Waals surface area contributed by atoms with Gasteiger partial charge in [0.1, 0.15) is 0 Å². The molecule has 1 unspecified atom stereocenters. The molecule has 0 aliphatic carbocycles. The summed E-state index contributed by atoms with van der Waals surface area (Å²) >= 11 is 0. The molecule has 1 aromatic rings. The number of aromatic amines is 1. The van der Waals surface area contributed by atoms with E-state index in [1.165, 1.54) is 16.8 Å². The van der Waals surface area contributed by atoms with Gasteiger partial charge in [0.2, 0.25) is 0 Å². The summed E-state index contributed by atoms with van der Waals surface area (Å²) in [4.78, 5) is 6.33. The third kappa shape index (κ3) is 2.81. The number of imidazole rings is 1. The second-order valence-electron chi connectivity index (χ2n) is 3.71. The van der Waals surface area contributed by atoms with E-state index in [0.717, 1.165) is 0 Å². The molecule has 1 heterocycles. The highest BCUT2D eigenvalue weighted by Crippen LogP contribution is 2.13. The lowest BCUT2D eigenvalue weighted by molar-refractivity contribution is 0.370. The van der Waals surface area contributed by atoms with Crippen LogP contribution in [-0.4, -0.2) is 42.3 Å². The Labute approximate surface area is 95.9 Å². The molecule has 3 N–H and O–H groups in total. The summed E-state index contributed by atoms with van der Waals surface area (Å²) in [5.41, 5.74) is 5.50. The van der Waals surface area contributed by atoms with Crippen LogP contribution in [0.25, 0.3) is 0 Å². The van der Waals surface area contributed by atoms with E-state index in [1.807, 2.05) is 6.92 Å². The van der Waals surface area contributed by atoms with E-state index in [4.69, 9.17) is 5.73 Å².